The number of ether oxygens (including phenoxy) is 2. The molecule has 14 nitrogen and oxygen atoms in total. The van der Waals surface area contributed by atoms with Gasteiger partial charge in [-0.05, 0) is 60.4 Å². The molecule has 0 aliphatic carbocycles. The number of nitro benzene ring substituents is 2. The predicted octanol–water partition coefficient (Wildman–Crippen LogP) is 4.76. The summed E-state index contributed by atoms with van der Waals surface area (Å²) in [6.45, 7) is 2.64. The fourth-order valence-corrected chi connectivity index (χ4v) is 7.46. The van der Waals surface area contributed by atoms with E-state index in [2.05, 4.69) is 0 Å². The molecule has 0 aromatic heterocycles. The molecule has 16 heteroatoms. The zero-order chi connectivity index (χ0) is 32.5. The van der Waals surface area contributed by atoms with Gasteiger partial charge < -0.3 is 24.4 Å². The van der Waals surface area contributed by atoms with Crippen LogP contribution in [0.3, 0.4) is 0 Å². The summed E-state index contributed by atoms with van der Waals surface area (Å²) in [4.78, 5) is 61.0. The number of aliphatic hydroxyl groups excluding tert-OH is 1. The van der Waals surface area contributed by atoms with Gasteiger partial charge in [-0.25, -0.2) is 9.59 Å². The second-order valence-electron chi connectivity index (χ2n) is 10.7. The van der Waals surface area contributed by atoms with Crippen molar-refractivity contribution < 1.29 is 38.8 Å². The van der Waals surface area contributed by atoms with Crippen LogP contribution in [-0.4, -0.2) is 90.1 Å². The first-order valence-corrected chi connectivity index (χ1v) is 16.2. The lowest BCUT2D eigenvalue weighted by molar-refractivity contribution is -0.385. The quantitative estimate of drug-likeness (QED) is 0.243. The van der Waals surface area contributed by atoms with E-state index >= 15 is 0 Å². The molecule has 2 fully saturated rings. The van der Waals surface area contributed by atoms with E-state index in [1.54, 1.807) is 28.8 Å². The molecule has 4 rings (SSSR count). The van der Waals surface area contributed by atoms with Crippen molar-refractivity contribution in [3.63, 3.8) is 0 Å². The number of amides is 2. The number of nitrogens with zero attached hydrogens (tertiary/aromatic N) is 4. The average Bonchev–Trinajstić information content (AvgIpc) is 3.66. The van der Waals surface area contributed by atoms with Crippen LogP contribution in [0.5, 0.6) is 0 Å². The van der Waals surface area contributed by atoms with Crippen LogP contribution in [0.4, 0.5) is 21.0 Å². The molecule has 2 amide bonds. The first kappa shape index (κ1) is 34.0. The largest absolute Gasteiger partial charge is 0.445 e. The van der Waals surface area contributed by atoms with Gasteiger partial charge in [-0.3, -0.25) is 25.0 Å². The van der Waals surface area contributed by atoms with E-state index in [9.17, 15) is 39.7 Å². The Hall–Kier alpha value is -3.89. The lowest BCUT2D eigenvalue weighted by Crippen LogP contribution is -2.43. The molecule has 0 bridgehead atoms. The van der Waals surface area contributed by atoms with Crippen LogP contribution in [0.25, 0.3) is 0 Å². The van der Waals surface area contributed by atoms with Gasteiger partial charge in [-0.1, -0.05) is 11.8 Å². The minimum atomic E-state index is -0.855. The maximum atomic E-state index is 13.0. The van der Waals surface area contributed by atoms with Crippen molar-refractivity contribution in [3.05, 3.63) is 79.9 Å². The average molecular weight is 663 g/mol. The minimum Gasteiger partial charge on any atom is -0.445 e. The van der Waals surface area contributed by atoms with Crippen molar-refractivity contribution in [2.45, 2.75) is 62.0 Å². The van der Waals surface area contributed by atoms with Gasteiger partial charge in [0.05, 0.1) is 22.0 Å². The van der Waals surface area contributed by atoms with Crippen LogP contribution >= 0.6 is 23.5 Å². The third-order valence-corrected chi connectivity index (χ3v) is 9.84. The molecule has 2 aliphatic heterocycles. The highest BCUT2D eigenvalue weighted by Crippen LogP contribution is 2.32. The Morgan fingerprint density at radius 1 is 0.911 bits per heavy atom. The summed E-state index contributed by atoms with van der Waals surface area (Å²) < 4.78 is 10.8. The number of likely N-dealkylation sites (tertiary alicyclic amines) is 2. The van der Waals surface area contributed by atoms with Crippen molar-refractivity contribution in [1.29, 1.82) is 0 Å². The van der Waals surface area contributed by atoms with E-state index < -0.39 is 34.2 Å². The summed E-state index contributed by atoms with van der Waals surface area (Å²) in [6, 6.07) is 11.0. The highest BCUT2D eigenvalue weighted by atomic mass is 32.2. The molecule has 0 unspecified atom stereocenters. The summed E-state index contributed by atoms with van der Waals surface area (Å²) in [7, 11) is 0. The summed E-state index contributed by atoms with van der Waals surface area (Å²) in [5, 5.41) is 32.6. The predicted molar refractivity (Wildman–Crippen MR) is 167 cm³/mol. The molecule has 2 saturated heterocycles. The number of rotatable bonds is 12. The van der Waals surface area contributed by atoms with Crippen LogP contribution in [0.1, 0.15) is 37.3 Å². The van der Waals surface area contributed by atoms with Crippen molar-refractivity contribution >= 4 is 52.2 Å². The van der Waals surface area contributed by atoms with Crippen molar-refractivity contribution in [3.8, 4) is 0 Å². The topological polar surface area (TPSA) is 183 Å². The molecule has 242 valence electrons. The van der Waals surface area contributed by atoms with Gasteiger partial charge in [0.15, 0.2) is 5.12 Å². The van der Waals surface area contributed by atoms with E-state index in [4.69, 9.17) is 9.47 Å². The highest BCUT2D eigenvalue weighted by Gasteiger charge is 2.41. The van der Waals surface area contributed by atoms with Crippen LogP contribution in [-0.2, 0) is 27.5 Å². The summed E-state index contributed by atoms with van der Waals surface area (Å²) in [6.07, 6.45) is -0.364. The molecule has 2 aromatic rings. The highest BCUT2D eigenvalue weighted by molar-refractivity contribution is 8.14. The smallest absolute Gasteiger partial charge is 0.410 e. The standard InChI is InChI=1S/C29H34N4O10S2/c1-19(34)45-25-14-26(31(16-25)29(37)43-18-21-4-8-23(9-5-21)33(40)41)27(35)11-13-44-24-10-12-30(15-24)28(36)42-17-20-2-6-22(7-3-20)32(38)39/h2-9,24-27,35H,10-18H2,1H3/t24-,25-,26-,27+/m0/s1. The second-order valence-corrected chi connectivity index (χ2v) is 13.6. The fraction of sp³-hybridized carbons (Fsp3) is 0.483. The maximum Gasteiger partial charge on any atom is 0.410 e. The van der Waals surface area contributed by atoms with Gasteiger partial charge in [-0.2, -0.15) is 11.8 Å². The molecule has 2 aromatic carbocycles. The van der Waals surface area contributed by atoms with Crippen LogP contribution in [0.15, 0.2) is 48.5 Å². The number of hydrogen-bond acceptors (Lipinski definition) is 12. The third kappa shape index (κ3) is 9.80. The molecule has 2 heterocycles. The molecular formula is C29H34N4O10S2. The summed E-state index contributed by atoms with van der Waals surface area (Å²) in [5.41, 5.74) is 1.12. The number of benzene rings is 2. The van der Waals surface area contributed by atoms with Gasteiger partial charge in [0.1, 0.15) is 13.2 Å². The number of carbonyl (C=O) groups excluding carboxylic acids is 3. The van der Waals surface area contributed by atoms with E-state index in [1.165, 1.54) is 48.2 Å². The van der Waals surface area contributed by atoms with E-state index in [0.717, 1.165) is 18.2 Å². The Morgan fingerprint density at radius 3 is 2.00 bits per heavy atom. The maximum absolute atomic E-state index is 13.0. The van der Waals surface area contributed by atoms with Crippen molar-refractivity contribution in [2.75, 3.05) is 25.4 Å². The number of carbonyl (C=O) groups is 3. The monoisotopic (exact) mass is 662 g/mol. The minimum absolute atomic E-state index is 0.00837. The van der Waals surface area contributed by atoms with E-state index in [1.807, 2.05) is 0 Å². The van der Waals surface area contributed by atoms with Gasteiger partial charge in [0, 0.05) is 61.3 Å². The molecular weight excluding hydrogens is 628 g/mol. The Kier molecular flexibility index (Phi) is 12.0. The summed E-state index contributed by atoms with van der Waals surface area (Å²) >= 11 is 2.76. The number of hydrogen-bond donors (Lipinski definition) is 1. The lowest BCUT2D eigenvalue weighted by atomic mass is 10.1. The molecule has 0 saturated carbocycles. The van der Waals surface area contributed by atoms with Crippen molar-refractivity contribution in [1.82, 2.24) is 9.80 Å². The first-order chi connectivity index (χ1) is 21.5. The van der Waals surface area contributed by atoms with Gasteiger partial charge in [-0.15, -0.1) is 0 Å². The van der Waals surface area contributed by atoms with Crippen LogP contribution < -0.4 is 0 Å². The van der Waals surface area contributed by atoms with Gasteiger partial charge >= 0.3 is 12.2 Å². The SMILES string of the molecule is CC(=O)S[C@H]1C[C@@H]([C@H](O)CCS[C@H]2CCN(C(=O)OCc3ccc([N+](=O)[O-])cc3)C2)N(C(=O)OCc2ccc([N+](=O)[O-])cc2)C1. The van der Waals surface area contributed by atoms with E-state index in [0.29, 0.717) is 42.8 Å². The summed E-state index contributed by atoms with van der Waals surface area (Å²) in [5.74, 6) is 0.588. The number of thioether (sulfide) groups is 2. The number of non-ortho nitro benzene ring substituents is 2. The zero-order valence-corrected chi connectivity index (χ0v) is 26.2. The molecule has 2 aliphatic rings. The molecule has 0 radical (unpaired) electrons. The first-order valence-electron chi connectivity index (χ1n) is 14.3. The number of nitro groups is 2. The lowest BCUT2D eigenvalue weighted by Gasteiger charge is -2.28. The molecule has 1 N–H and O–H groups in total. The Bertz CT molecular complexity index is 1380. The third-order valence-electron chi connectivity index (χ3n) is 7.51. The van der Waals surface area contributed by atoms with Crippen molar-refractivity contribution in [2.24, 2.45) is 0 Å². The van der Waals surface area contributed by atoms with E-state index in [-0.39, 0.29) is 46.7 Å². The second kappa shape index (κ2) is 15.9. The normalized spacial score (nSPS) is 20.1. The fourth-order valence-electron chi connectivity index (χ4n) is 5.19. The molecule has 45 heavy (non-hydrogen) atoms. The number of aliphatic hydroxyl groups is 1. The van der Waals surface area contributed by atoms with Crippen LogP contribution in [0, 0.1) is 20.2 Å². The van der Waals surface area contributed by atoms with Crippen LogP contribution in [0.2, 0.25) is 0 Å². The molecule has 4 atom stereocenters. The Balaban J connectivity index is 1.22. The molecule has 0 spiro atoms. The zero-order valence-electron chi connectivity index (χ0n) is 24.5. The Labute approximate surface area is 267 Å². The van der Waals surface area contributed by atoms with Gasteiger partial charge in [0.25, 0.3) is 11.4 Å². The Morgan fingerprint density at radius 2 is 1.47 bits per heavy atom. The van der Waals surface area contributed by atoms with Gasteiger partial charge in [0.2, 0.25) is 0 Å².